The lowest BCUT2D eigenvalue weighted by molar-refractivity contribution is -0.132. The van der Waals surface area contributed by atoms with Crippen molar-refractivity contribution < 1.29 is 31.1 Å². The zero-order valence-electron chi connectivity index (χ0n) is 17.4. The van der Waals surface area contributed by atoms with Gasteiger partial charge in [-0.15, -0.1) is 0 Å². The van der Waals surface area contributed by atoms with E-state index in [1.54, 1.807) is 4.90 Å². The minimum absolute atomic E-state index is 0.000174. The largest absolute Gasteiger partial charge is 0.377 e. The van der Waals surface area contributed by atoms with Crippen LogP contribution in [0.2, 0.25) is 0 Å². The van der Waals surface area contributed by atoms with Gasteiger partial charge in [-0.2, -0.15) is 0 Å². The molecule has 2 atom stereocenters. The van der Waals surface area contributed by atoms with E-state index in [4.69, 9.17) is 10.5 Å². The smallest absolute Gasteiger partial charge is 0.223 e. The molecule has 10 heteroatoms. The average Bonchev–Trinajstić information content (AvgIpc) is 3.22. The monoisotopic (exact) mass is 462 g/mol. The van der Waals surface area contributed by atoms with E-state index in [2.05, 4.69) is 0 Å². The lowest BCUT2D eigenvalue weighted by Gasteiger charge is -2.35. The van der Waals surface area contributed by atoms with E-state index in [0.29, 0.717) is 38.6 Å². The van der Waals surface area contributed by atoms with Crippen molar-refractivity contribution in [2.75, 3.05) is 31.2 Å². The fourth-order valence-electron chi connectivity index (χ4n) is 4.26. The Kier molecular flexibility index (Phi) is 7.98. The molecule has 0 bridgehead atoms. The number of rotatable bonds is 8. The second-order valence-electron chi connectivity index (χ2n) is 8.44. The summed E-state index contributed by atoms with van der Waals surface area (Å²) in [4.78, 5) is 14.1. The number of carbonyl (C=O) groups is 1. The fourth-order valence-corrected chi connectivity index (χ4v) is 5.74. The standard InChI is InChI=1S/C21H29F3N2O4S/c22-17-12-19(24)18(23)10-15(17)11-20(25)14-3-6-26(7-4-14)21(27)5-9-31(28,29)13-16-2-1-8-30-16/h10,12,14,16,20H,1-9,11,13,25H2/t16?,20-/m1/s1. The van der Waals surface area contributed by atoms with Gasteiger partial charge in [0.05, 0.1) is 17.6 Å². The minimum atomic E-state index is -3.35. The van der Waals surface area contributed by atoms with Gasteiger partial charge in [-0.3, -0.25) is 4.79 Å². The van der Waals surface area contributed by atoms with Crippen LogP contribution >= 0.6 is 0 Å². The molecule has 1 amide bonds. The Morgan fingerprint density at radius 2 is 1.81 bits per heavy atom. The van der Waals surface area contributed by atoms with Crippen molar-refractivity contribution in [1.82, 2.24) is 4.90 Å². The highest BCUT2D eigenvalue weighted by Crippen LogP contribution is 2.24. The minimum Gasteiger partial charge on any atom is -0.377 e. The normalized spacial score (nSPS) is 21.4. The highest BCUT2D eigenvalue weighted by Gasteiger charge is 2.29. The summed E-state index contributed by atoms with van der Waals surface area (Å²) in [5.41, 5.74) is 6.20. The van der Waals surface area contributed by atoms with Crippen molar-refractivity contribution in [3.63, 3.8) is 0 Å². The molecule has 0 radical (unpaired) electrons. The van der Waals surface area contributed by atoms with Crippen molar-refractivity contribution >= 4 is 15.7 Å². The maximum Gasteiger partial charge on any atom is 0.223 e. The van der Waals surface area contributed by atoms with Crippen LogP contribution in [0.3, 0.4) is 0 Å². The molecule has 3 rings (SSSR count). The second-order valence-corrected chi connectivity index (χ2v) is 10.7. The lowest BCUT2D eigenvalue weighted by atomic mass is 9.86. The van der Waals surface area contributed by atoms with Crippen molar-refractivity contribution in [2.24, 2.45) is 11.7 Å². The Bertz CT molecular complexity index is 883. The van der Waals surface area contributed by atoms with Crippen molar-refractivity contribution in [3.8, 4) is 0 Å². The molecule has 2 N–H and O–H groups in total. The molecule has 1 aromatic carbocycles. The number of likely N-dealkylation sites (tertiary alicyclic amines) is 1. The highest BCUT2D eigenvalue weighted by atomic mass is 32.2. The van der Waals surface area contributed by atoms with Gasteiger partial charge in [0.1, 0.15) is 5.82 Å². The lowest BCUT2D eigenvalue weighted by Crippen LogP contribution is -2.44. The zero-order valence-corrected chi connectivity index (χ0v) is 18.2. The number of nitrogens with zero attached hydrogens (tertiary/aromatic N) is 1. The van der Waals surface area contributed by atoms with Crippen LogP contribution in [0.15, 0.2) is 12.1 Å². The highest BCUT2D eigenvalue weighted by molar-refractivity contribution is 7.91. The number of carbonyl (C=O) groups excluding carboxylic acids is 1. The van der Waals surface area contributed by atoms with E-state index in [-0.39, 0.29) is 47.8 Å². The summed E-state index contributed by atoms with van der Waals surface area (Å²) in [6.45, 7) is 1.45. The van der Waals surface area contributed by atoms with Crippen LogP contribution < -0.4 is 5.73 Å². The first-order valence-corrected chi connectivity index (χ1v) is 12.5. The Morgan fingerprint density at radius 3 is 2.45 bits per heavy atom. The van der Waals surface area contributed by atoms with E-state index in [9.17, 15) is 26.4 Å². The fraction of sp³-hybridized carbons (Fsp3) is 0.667. The third-order valence-corrected chi connectivity index (χ3v) is 7.84. The van der Waals surface area contributed by atoms with Crippen molar-refractivity contribution in [3.05, 3.63) is 35.1 Å². The van der Waals surface area contributed by atoms with Gasteiger partial charge in [-0.1, -0.05) is 0 Å². The van der Waals surface area contributed by atoms with Gasteiger partial charge in [0.15, 0.2) is 21.5 Å². The second kappa shape index (κ2) is 10.3. The Balaban J connectivity index is 1.44. The summed E-state index contributed by atoms with van der Waals surface area (Å²) < 4.78 is 70.1. The van der Waals surface area contributed by atoms with E-state index < -0.39 is 33.3 Å². The molecule has 6 nitrogen and oxygen atoms in total. The first-order chi connectivity index (χ1) is 14.6. The van der Waals surface area contributed by atoms with E-state index in [0.717, 1.165) is 18.9 Å². The summed E-state index contributed by atoms with van der Waals surface area (Å²) >= 11 is 0. The third-order valence-electron chi connectivity index (χ3n) is 6.13. The van der Waals surface area contributed by atoms with E-state index >= 15 is 0 Å². The van der Waals surface area contributed by atoms with Gasteiger partial charge in [0.2, 0.25) is 5.91 Å². The van der Waals surface area contributed by atoms with Crippen LogP contribution in [-0.2, 0) is 25.8 Å². The van der Waals surface area contributed by atoms with Crippen molar-refractivity contribution in [1.29, 1.82) is 0 Å². The van der Waals surface area contributed by atoms with E-state index in [1.807, 2.05) is 0 Å². The van der Waals surface area contributed by atoms with Crippen LogP contribution in [0.4, 0.5) is 13.2 Å². The number of piperidine rings is 1. The molecule has 0 spiro atoms. The summed E-state index contributed by atoms with van der Waals surface area (Å²) in [7, 11) is -3.35. The molecule has 0 aromatic heterocycles. The Labute approximate surface area is 180 Å². The summed E-state index contributed by atoms with van der Waals surface area (Å²) in [6.07, 6.45) is 2.50. The molecule has 1 unspecified atom stereocenters. The van der Waals surface area contributed by atoms with E-state index in [1.165, 1.54) is 0 Å². The first-order valence-electron chi connectivity index (χ1n) is 10.6. The molecule has 1 aromatic rings. The number of hydrogen-bond acceptors (Lipinski definition) is 5. The molecule has 174 valence electrons. The van der Waals surface area contributed by atoms with Gasteiger partial charge in [-0.05, 0) is 49.7 Å². The van der Waals surface area contributed by atoms with Gasteiger partial charge in [0, 0.05) is 38.2 Å². The molecular formula is C21H29F3N2O4S. The van der Waals surface area contributed by atoms with Gasteiger partial charge < -0.3 is 15.4 Å². The number of halogens is 3. The number of nitrogens with two attached hydrogens (primary N) is 1. The summed E-state index contributed by atoms with van der Waals surface area (Å²) in [5, 5.41) is 0. The Hall–Kier alpha value is -1.65. The zero-order chi connectivity index (χ0) is 22.6. The Morgan fingerprint density at radius 1 is 1.13 bits per heavy atom. The van der Waals surface area contributed by atoms with Crippen molar-refractivity contribution in [2.45, 2.75) is 50.7 Å². The molecule has 2 aliphatic rings. The number of amides is 1. The summed E-state index contributed by atoms with van der Waals surface area (Å²) in [5.74, 6) is -3.63. The number of sulfone groups is 1. The van der Waals surface area contributed by atoms with Crippen LogP contribution in [0.25, 0.3) is 0 Å². The maximum atomic E-state index is 13.9. The molecular weight excluding hydrogens is 433 g/mol. The first kappa shape index (κ1) is 24.0. The molecule has 2 fully saturated rings. The van der Waals surface area contributed by atoms with Crippen LogP contribution in [0.1, 0.15) is 37.7 Å². The van der Waals surface area contributed by atoms with Crippen LogP contribution in [0, 0.1) is 23.4 Å². The molecule has 2 heterocycles. The molecule has 0 aliphatic carbocycles. The topological polar surface area (TPSA) is 89.7 Å². The number of ether oxygens (including phenoxy) is 1. The maximum absolute atomic E-state index is 13.9. The van der Waals surface area contributed by atoms with Crippen LogP contribution in [0.5, 0.6) is 0 Å². The molecule has 2 aliphatic heterocycles. The number of hydrogen-bond donors (Lipinski definition) is 1. The predicted octanol–water partition coefficient (Wildman–Crippen LogP) is 2.20. The average molecular weight is 463 g/mol. The SMILES string of the molecule is N[C@H](Cc1cc(F)c(F)cc1F)C1CCN(C(=O)CCS(=O)(=O)CC2CCCO2)CC1. The molecule has 0 saturated carbocycles. The molecule has 31 heavy (non-hydrogen) atoms. The van der Waals surface area contributed by atoms with Gasteiger partial charge in [0.25, 0.3) is 0 Å². The van der Waals surface area contributed by atoms with Crippen LogP contribution in [-0.4, -0.2) is 62.6 Å². The number of benzene rings is 1. The molecule has 2 saturated heterocycles. The third kappa shape index (κ3) is 6.66. The van der Waals surface area contributed by atoms with Gasteiger partial charge in [-0.25, -0.2) is 21.6 Å². The predicted molar refractivity (Wildman–Crippen MR) is 110 cm³/mol. The quantitative estimate of drug-likeness (QED) is 0.599. The van der Waals surface area contributed by atoms with Gasteiger partial charge >= 0.3 is 0 Å². The summed E-state index contributed by atoms with van der Waals surface area (Å²) in [6, 6.07) is 0.898.